The van der Waals surface area contributed by atoms with Crippen LogP contribution in [0.3, 0.4) is 0 Å². The van der Waals surface area contributed by atoms with Crippen LogP contribution in [-0.4, -0.2) is 49.0 Å². The number of benzene rings is 3. The van der Waals surface area contributed by atoms with Crippen LogP contribution in [0.15, 0.2) is 83.2 Å². The highest BCUT2D eigenvalue weighted by Crippen LogP contribution is 2.37. The molecule has 1 aliphatic rings. The maximum absolute atomic E-state index is 14.5. The molecule has 0 radical (unpaired) electrons. The second-order valence-corrected chi connectivity index (χ2v) is 11.5. The molecule has 0 aliphatic carbocycles. The fourth-order valence-electron chi connectivity index (χ4n) is 4.34. The van der Waals surface area contributed by atoms with Crippen molar-refractivity contribution in [2.75, 3.05) is 4.90 Å². The van der Waals surface area contributed by atoms with Crippen molar-refractivity contribution in [1.82, 2.24) is 20.2 Å². The number of aryl methyl sites for hydroxylation is 1. The van der Waals surface area contributed by atoms with Crippen molar-refractivity contribution in [2.45, 2.75) is 38.6 Å². The van der Waals surface area contributed by atoms with Crippen LogP contribution < -0.4 is 15.1 Å². The van der Waals surface area contributed by atoms with Crippen molar-refractivity contribution in [1.29, 1.82) is 0 Å². The Morgan fingerprint density at radius 2 is 1.82 bits per heavy atom. The first-order chi connectivity index (χ1) is 21.4. The monoisotopic (exact) mass is 655 g/mol. The van der Waals surface area contributed by atoms with Gasteiger partial charge in [0.05, 0.1) is 17.6 Å². The zero-order valence-corrected chi connectivity index (χ0v) is 25.6. The third-order valence-corrected chi connectivity index (χ3v) is 7.51. The highest BCUT2D eigenvalue weighted by atomic mass is 32.2. The quantitative estimate of drug-likeness (QED) is 0.100. The van der Waals surface area contributed by atoms with Gasteiger partial charge in [0.15, 0.2) is 11.0 Å². The number of alkyl halides is 4. The van der Waals surface area contributed by atoms with Gasteiger partial charge in [-0.15, -0.1) is 18.3 Å². The van der Waals surface area contributed by atoms with Crippen LogP contribution in [0.2, 0.25) is 0 Å². The van der Waals surface area contributed by atoms with Gasteiger partial charge in [-0.25, -0.2) is 14.1 Å². The summed E-state index contributed by atoms with van der Waals surface area (Å²) in [7, 11) is 0. The number of halogens is 4. The molecule has 1 aromatic heterocycles. The first-order valence-electron chi connectivity index (χ1n) is 13.4. The van der Waals surface area contributed by atoms with Crippen LogP contribution in [0.25, 0.3) is 17.1 Å². The second kappa shape index (κ2) is 13.2. The summed E-state index contributed by atoms with van der Waals surface area (Å²) in [6.45, 7) is 5.88. The summed E-state index contributed by atoms with van der Waals surface area (Å²) in [6, 6.07) is 18.0. The summed E-state index contributed by atoms with van der Waals surface area (Å²) in [4.78, 5) is 22.6. The molecule has 0 saturated carbocycles. The summed E-state index contributed by atoms with van der Waals surface area (Å²) < 4.78 is 57.0. The Morgan fingerprint density at radius 1 is 1.11 bits per heavy atom. The summed E-state index contributed by atoms with van der Waals surface area (Å²) in [5.41, 5.74) is 5.11. The second-order valence-electron chi connectivity index (χ2n) is 10.1. The molecule has 1 amide bonds. The Morgan fingerprint density at radius 3 is 2.49 bits per heavy atom. The summed E-state index contributed by atoms with van der Waals surface area (Å²) in [5.74, 6) is -0.562. The van der Waals surface area contributed by atoms with Crippen LogP contribution in [0.1, 0.15) is 36.5 Å². The van der Waals surface area contributed by atoms with Crippen LogP contribution >= 0.6 is 24.0 Å². The van der Waals surface area contributed by atoms with E-state index in [0.29, 0.717) is 40.1 Å². The number of rotatable bonds is 7. The largest absolute Gasteiger partial charge is 0.573 e. The number of carbonyl (C=O) groups is 1. The number of nitrogens with zero attached hydrogens (tertiary/aromatic N) is 6. The standard InChI is InChI=1S/C30H25F4N7O2S2/c1-17(2)23-13-4-18(3)14-24(23)41-27(42)25(31)45-29(41)37-28(44)38-36-15-19-5-7-20(8-6-19)26-35-16-40(39-26)21-9-11-22(12-10-21)43-30(32,33)34/h4-17,25H,1-3H3,(H,38,44)/b36-15+,37-29?. The van der Waals surface area contributed by atoms with Crippen LogP contribution in [0.5, 0.6) is 5.75 Å². The Hall–Kier alpha value is -4.63. The molecule has 1 saturated heterocycles. The maximum atomic E-state index is 14.5. The Balaban J connectivity index is 1.23. The van der Waals surface area contributed by atoms with Gasteiger partial charge in [0.25, 0.3) is 5.91 Å². The van der Waals surface area contributed by atoms with E-state index in [2.05, 4.69) is 30.3 Å². The van der Waals surface area contributed by atoms with Crippen LogP contribution in [0.4, 0.5) is 23.2 Å². The molecule has 3 aromatic carbocycles. The van der Waals surface area contributed by atoms with Crippen molar-refractivity contribution >= 4 is 52.1 Å². The molecule has 45 heavy (non-hydrogen) atoms. The predicted octanol–water partition coefficient (Wildman–Crippen LogP) is 6.90. The number of amides is 1. The van der Waals surface area contributed by atoms with Crippen molar-refractivity contribution < 1.29 is 27.1 Å². The smallest absolute Gasteiger partial charge is 0.406 e. The SMILES string of the molecule is Cc1ccc(C(C)C)c(N2C(=O)C(F)SC2=NC(=S)N/N=C/c2ccc(-c3ncn(-c4ccc(OC(F)(F)F)cc4)n3)cc2)c1. The molecule has 1 atom stereocenters. The molecule has 1 fully saturated rings. The first kappa shape index (κ1) is 31.8. The van der Waals surface area contributed by atoms with E-state index in [4.69, 9.17) is 12.2 Å². The maximum Gasteiger partial charge on any atom is 0.573 e. The van der Waals surface area contributed by atoms with Gasteiger partial charge >= 0.3 is 6.36 Å². The summed E-state index contributed by atoms with van der Waals surface area (Å²) >= 11 is 5.98. The van der Waals surface area contributed by atoms with E-state index in [1.807, 2.05) is 39.0 Å². The zero-order valence-electron chi connectivity index (χ0n) is 24.0. The van der Waals surface area contributed by atoms with E-state index in [0.717, 1.165) is 11.1 Å². The lowest BCUT2D eigenvalue weighted by Crippen LogP contribution is -2.33. The average Bonchev–Trinajstić information content (AvgIpc) is 3.57. The topological polar surface area (TPSA) is 97.0 Å². The molecular formula is C30H25F4N7O2S2. The lowest BCUT2D eigenvalue weighted by Gasteiger charge is -2.22. The average molecular weight is 656 g/mol. The molecule has 2 heterocycles. The van der Waals surface area contributed by atoms with Gasteiger partial charge in [-0.1, -0.05) is 50.2 Å². The third-order valence-electron chi connectivity index (χ3n) is 6.43. The molecule has 9 nitrogen and oxygen atoms in total. The van der Waals surface area contributed by atoms with Gasteiger partial charge in [-0.05, 0) is 83.8 Å². The molecule has 1 N–H and O–H groups in total. The number of thioether (sulfide) groups is 1. The number of thiocarbonyl (C=S) groups is 1. The third kappa shape index (κ3) is 7.72. The van der Waals surface area contributed by atoms with E-state index >= 15 is 0 Å². The molecule has 15 heteroatoms. The molecular weight excluding hydrogens is 631 g/mol. The van der Waals surface area contributed by atoms with Gasteiger partial charge in [0, 0.05) is 5.56 Å². The predicted molar refractivity (Wildman–Crippen MR) is 169 cm³/mol. The van der Waals surface area contributed by atoms with Gasteiger partial charge in [-0.2, -0.15) is 10.1 Å². The van der Waals surface area contributed by atoms with E-state index < -0.39 is 17.8 Å². The number of hydrogen-bond donors (Lipinski definition) is 1. The fourth-order valence-corrected chi connectivity index (χ4v) is 5.36. The minimum atomic E-state index is -4.77. The number of hydrogen-bond acceptors (Lipinski definition) is 7. The minimum absolute atomic E-state index is 0.0521. The lowest BCUT2D eigenvalue weighted by atomic mass is 9.99. The number of amidine groups is 1. The van der Waals surface area contributed by atoms with Gasteiger partial charge in [0.1, 0.15) is 12.1 Å². The van der Waals surface area contributed by atoms with Crippen LogP contribution in [0, 0.1) is 6.92 Å². The van der Waals surface area contributed by atoms with E-state index in [1.54, 1.807) is 24.3 Å². The van der Waals surface area contributed by atoms with Crippen LogP contribution in [-0.2, 0) is 4.79 Å². The number of hydrazone groups is 1. The van der Waals surface area contributed by atoms with E-state index in [9.17, 15) is 22.4 Å². The molecule has 0 bridgehead atoms. The molecule has 4 aromatic rings. The van der Waals surface area contributed by atoms with Crippen molar-refractivity contribution in [3.05, 3.63) is 89.7 Å². The number of aromatic nitrogens is 3. The summed E-state index contributed by atoms with van der Waals surface area (Å²) in [6.07, 6.45) is -1.82. The number of anilines is 1. The molecule has 0 spiro atoms. The number of ether oxygens (including phenoxy) is 1. The molecule has 5 rings (SSSR count). The normalized spacial score (nSPS) is 16.3. The van der Waals surface area contributed by atoms with Gasteiger partial charge in [0.2, 0.25) is 10.6 Å². The number of aliphatic imine (C=N–C) groups is 1. The Labute approximate surface area is 265 Å². The highest BCUT2D eigenvalue weighted by Gasteiger charge is 2.40. The van der Waals surface area contributed by atoms with E-state index in [1.165, 1.54) is 46.4 Å². The molecule has 1 unspecified atom stereocenters. The van der Waals surface area contributed by atoms with Gasteiger partial charge in [-0.3, -0.25) is 15.1 Å². The highest BCUT2D eigenvalue weighted by molar-refractivity contribution is 8.16. The number of carbonyl (C=O) groups excluding carboxylic acids is 1. The fraction of sp³-hybridized carbons (Fsp3) is 0.200. The van der Waals surface area contributed by atoms with Crippen molar-refractivity contribution in [3.63, 3.8) is 0 Å². The minimum Gasteiger partial charge on any atom is -0.406 e. The molecule has 232 valence electrons. The van der Waals surface area contributed by atoms with Crippen molar-refractivity contribution in [2.24, 2.45) is 10.1 Å². The van der Waals surface area contributed by atoms with Crippen molar-refractivity contribution in [3.8, 4) is 22.8 Å². The van der Waals surface area contributed by atoms with Gasteiger partial charge < -0.3 is 4.74 Å². The Kier molecular flexibility index (Phi) is 9.29. The summed E-state index contributed by atoms with van der Waals surface area (Å²) in [5, 5.41) is 8.56. The van der Waals surface area contributed by atoms with E-state index in [-0.39, 0.29) is 21.9 Å². The first-order valence-corrected chi connectivity index (χ1v) is 14.7. The lowest BCUT2D eigenvalue weighted by molar-refractivity contribution is -0.274. The Bertz CT molecular complexity index is 1770. The molecule has 1 aliphatic heterocycles. The number of nitrogens with one attached hydrogen (secondary N) is 1. The zero-order chi connectivity index (χ0) is 32.3.